The van der Waals surface area contributed by atoms with Gasteiger partial charge in [-0.3, -0.25) is 9.59 Å². The minimum absolute atomic E-state index is 0.0739. The van der Waals surface area contributed by atoms with E-state index in [2.05, 4.69) is 0 Å². The third-order valence-corrected chi connectivity index (χ3v) is 6.85. The molecule has 0 amide bonds. The maximum absolute atomic E-state index is 13.3. The monoisotopic (exact) mass is 576 g/mol. The van der Waals surface area contributed by atoms with E-state index >= 15 is 0 Å². The molecule has 3 aromatic carbocycles. The number of rotatable bonds is 3. The summed E-state index contributed by atoms with van der Waals surface area (Å²) in [5, 5.41) is 32.3. The molecule has 218 valence electrons. The number of hydrogen-bond donors (Lipinski definition) is 3. The summed E-state index contributed by atoms with van der Waals surface area (Å²) in [6, 6.07) is 10.1. The molecule has 3 N–H and O–H groups in total. The summed E-state index contributed by atoms with van der Waals surface area (Å²) < 4.78 is 23.2. The van der Waals surface area contributed by atoms with Crippen molar-refractivity contribution >= 4 is 23.9 Å². The Labute approximate surface area is 240 Å². The lowest BCUT2D eigenvalue weighted by molar-refractivity contribution is -0.143. The first-order valence-corrected chi connectivity index (χ1v) is 12.9. The third-order valence-electron chi connectivity index (χ3n) is 6.85. The Morgan fingerprint density at radius 3 is 2.02 bits per heavy atom. The molecule has 2 aliphatic heterocycles. The summed E-state index contributed by atoms with van der Waals surface area (Å²) >= 11 is 0. The molecule has 0 aliphatic carbocycles. The second-order valence-electron chi connectivity index (χ2n) is 12.1. The quantitative estimate of drug-likeness (QED) is 0.275. The van der Waals surface area contributed by atoms with Crippen LogP contribution in [0.1, 0.15) is 78.9 Å². The van der Waals surface area contributed by atoms with Gasteiger partial charge in [0.2, 0.25) is 11.5 Å². The molecule has 0 radical (unpaired) electrons. The topological polar surface area (TPSA) is 166 Å². The van der Waals surface area contributed by atoms with Crippen molar-refractivity contribution in [1.29, 1.82) is 0 Å². The van der Waals surface area contributed by atoms with Gasteiger partial charge in [-0.15, -0.1) is 0 Å². The van der Waals surface area contributed by atoms with E-state index in [0.29, 0.717) is 0 Å². The molecular weight excluding hydrogens is 548 g/mol. The number of hydrogen-bond acceptors (Lipinski definition) is 10. The first-order valence-electron chi connectivity index (χ1n) is 12.9. The fraction of sp³-hybridized carbons (Fsp3) is 0.290. The Morgan fingerprint density at radius 2 is 1.43 bits per heavy atom. The lowest BCUT2D eigenvalue weighted by Crippen LogP contribution is -2.36. The zero-order chi connectivity index (χ0) is 30.9. The van der Waals surface area contributed by atoms with E-state index in [4.69, 9.17) is 18.9 Å². The smallest absolute Gasteiger partial charge is 0.340 e. The first kappa shape index (κ1) is 28.5. The van der Waals surface area contributed by atoms with Gasteiger partial charge in [-0.1, -0.05) is 18.2 Å². The standard InChI is InChI=1S/C31H28O11/c1-29(2,3)27(37)40-22-19(25(34)35)20-23(24(21(22)33)41-28(38)30(4,5)6)39-18-13-14(32)11-12-17(18)31(20)16-10-8-7-9-15(16)26(36)42-31/h7-13,32-33H,1-6H3,(H,34,35). The van der Waals surface area contributed by atoms with Crippen LogP contribution < -0.4 is 14.2 Å². The number of benzene rings is 3. The van der Waals surface area contributed by atoms with Crippen molar-refractivity contribution in [3.8, 4) is 34.5 Å². The van der Waals surface area contributed by atoms with Crippen molar-refractivity contribution in [2.75, 3.05) is 0 Å². The van der Waals surface area contributed by atoms with Crippen LogP contribution in [-0.4, -0.2) is 39.2 Å². The minimum atomic E-state index is -2.04. The second kappa shape index (κ2) is 9.23. The van der Waals surface area contributed by atoms with Crippen molar-refractivity contribution in [3.05, 3.63) is 70.3 Å². The number of carboxylic acid groups (broad SMARTS) is 1. The molecule has 1 unspecified atom stereocenters. The number of fused-ring (bicyclic) bond motifs is 6. The first-order chi connectivity index (χ1) is 19.5. The average molecular weight is 577 g/mol. The number of phenolic OH excluding ortho intramolecular Hbond substituents is 2. The number of esters is 3. The number of ether oxygens (including phenoxy) is 4. The Kier molecular flexibility index (Phi) is 6.26. The van der Waals surface area contributed by atoms with Gasteiger partial charge in [-0.2, -0.15) is 0 Å². The molecule has 0 fully saturated rings. The normalized spacial score (nSPS) is 17.0. The Balaban J connectivity index is 1.98. The molecule has 2 heterocycles. The molecule has 42 heavy (non-hydrogen) atoms. The zero-order valence-corrected chi connectivity index (χ0v) is 23.6. The van der Waals surface area contributed by atoms with Crippen LogP contribution in [0.3, 0.4) is 0 Å². The highest BCUT2D eigenvalue weighted by Crippen LogP contribution is 2.63. The number of phenols is 2. The molecule has 2 aliphatic rings. The van der Waals surface area contributed by atoms with Crippen molar-refractivity contribution < 1.29 is 53.4 Å². The van der Waals surface area contributed by atoms with Crippen LogP contribution in [0.4, 0.5) is 0 Å². The molecule has 0 saturated heterocycles. The summed E-state index contributed by atoms with van der Waals surface area (Å²) in [6.07, 6.45) is 0. The number of aromatic carboxylic acids is 1. The van der Waals surface area contributed by atoms with Crippen LogP contribution in [0.25, 0.3) is 0 Å². The van der Waals surface area contributed by atoms with Gasteiger partial charge in [0.05, 0.1) is 22.0 Å². The highest BCUT2D eigenvalue weighted by atomic mass is 16.6. The zero-order valence-electron chi connectivity index (χ0n) is 23.6. The molecule has 11 heteroatoms. The number of carboxylic acids is 1. The van der Waals surface area contributed by atoms with Crippen LogP contribution in [0.15, 0.2) is 42.5 Å². The number of carbonyl (C=O) groups is 4. The summed E-state index contributed by atoms with van der Waals surface area (Å²) in [7, 11) is 0. The van der Waals surface area contributed by atoms with Gasteiger partial charge in [-0.25, -0.2) is 9.59 Å². The van der Waals surface area contributed by atoms with E-state index in [1.807, 2.05) is 0 Å². The van der Waals surface area contributed by atoms with Crippen molar-refractivity contribution in [3.63, 3.8) is 0 Å². The maximum Gasteiger partial charge on any atom is 0.340 e. The van der Waals surface area contributed by atoms with Crippen LogP contribution in [0.2, 0.25) is 0 Å². The number of carbonyl (C=O) groups excluding carboxylic acids is 3. The van der Waals surface area contributed by atoms with Crippen LogP contribution >= 0.6 is 0 Å². The van der Waals surface area contributed by atoms with E-state index in [1.165, 1.54) is 45.0 Å². The van der Waals surface area contributed by atoms with Crippen molar-refractivity contribution in [2.24, 2.45) is 10.8 Å². The van der Waals surface area contributed by atoms with Gasteiger partial charge in [0.1, 0.15) is 17.1 Å². The maximum atomic E-state index is 13.3. The fourth-order valence-electron chi connectivity index (χ4n) is 4.73. The lowest BCUT2D eigenvalue weighted by atomic mass is 9.75. The van der Waals surface area contributed by atoms with Gasteiger partial charge in [0, 0.05) is 17.2 Å². The molecule has 11 nitrogen and oxygen atoms in total. The summed E-state index contributed by atoms with van der Waals surface area (Å²) in [4.78, 5) is 52.5. The molecule has 1 atom stereocenters. The fourth-order valence-corrected chi connectivity index (χ4v) is 4.73. The Bertz CT molecular complexity index is 1710. The summed E-state index contributed by atoms with van der Waals surface area (Å²) in [6.45, 7) is 9.22. The summed E-state index contributed by atoms with van der Waals surface area (Å²) in [5.74, 6) is -7.53. The van der Waals surface area contributed by atoms with E-state index in [9.17, 15) is 34.5 Å². The van der Waals surface area contributed by atoms with Crippen molar-refractivity contribution in [2.45, 2.75) is 47.1 Å². The molecule has 0 aromatic heterocycles. The lowest BCUT2D eigenvalue weighted by Gasteiger charge is -2.38. The highest BCUT2D eigenvalue weighted by Gasteiger charge is 2.58. The predicted molar refractivity (Wildman–Crippen MR) is 145 cm³/mol. The molecule has 0 saturated carbocycles. The Hall–Kier alpha value is -5.06. The molecular formula is C31H28O11. The molecule has 1 spiro atoms. The Morgan fingerprint density at radius 1 is 0.833 bits per heavy atom. The van der Waals surface area contributed by atoms with Gasteiger partial charge in [0.25, 0.3) is 0 Å². The van der Waals surface area contributed by atoms with E-state index in [0.717, 1.165) is 0 Å². The largest absolute Gasteiger partial charge is 0.508 e. The van der Waals surface area contributed by atoms with E-state index < -0.39 is 68.9 Å². The van der Waals surface area contributed by atoms with Gasteiger partial charge in [0.15, 0.2) is 17.1 Å². The average Bonchev–Trinajstić information content (AvgIpc) is 3.18. The van der Waals surface area contributed by atoms with Gasteiger partial charge >= 0.3 is 23.9 Å². The predicted octanol–water partition coefficient (Wildman–Crippen LogP) is 5.27. The molecule has 0 bridgehead atoms. The van der Waals surface area contributed by atoms with Gasteiger partial charge in [-0.05, 0) is 59.7 Å². The highest BCUT2D eigenvalue weighted by molar-refractivity contribution is 6.03. The second-order valence-corrected chi connectivity index (χ2v) is 12.1. The van der Waals surface area contributed by atoms with Gasteiger partial charge < -0.3 is 34.3 Å². The van der Waals surface area contributed by atoms with Crippen molar-refractivity contribution in [1.82, 2.24) is 0 Å². The van der Waals surface area contributed by atoms with Crippen LogP contribution in [0, 0.1) is 10.8 Å². The minimum Gasteiger partial charge on any atom is -0.508 e. The van der Waals surface area contributed by atoms with E-state index in [-0.39, 0.29) is 33.8 Å². The van der Waals surface area contributed by atoms with Crippen LogP contribution in [-0.2, 0) is 19.9 Å². The molecule has 3 aromatic rings. The van der Waals surface area contributed by atoms with E-state index in [1.54, 1.807) is 39.0 Å². The number of aromatic hydroxyl groups is 2. The SMILES string of the molecule is CC(C)(C)C(=O)Oc1c(O)c(OC(=O)C(C)(C)C)c(C(=O)O)c2c1Oc1cc(O)ccc1C21OC(=O)c2ccccc21. The molecule has 5 rings (SSSR count). The summed E-state index contributed by atoms with van der Waals surface area (Å²) in [5.41, 5.74) is -4.99. The third kappa shape index (κ3) is 4.20. The van der Waals surface area contributed by atoms with Crippen LogP contribution in [0.5, 0.6) is 34.5 Å².